The molecule has 0 saturated heterocycles. The molecular formula is C75H146O17P2. The highest BCUT2D eigenvalue weighted by Crippen LogP contribution is 2.45. The molecule has 2 unspecified atom stereocenters. The third kappa shape index (κ3) is 68.6. The van der Waals surface area contributed by atoms with Gasteiger partial charge in [0.15, 0.2) is 12.2 Å². The van der Waals surface area contributed by atoms with E-state index in [4.69, 9.17) is 37.0 Å². The molecule has 0 aromatic heterocycles. The topological polar surface area (TPSA) is 237 Å². The molecule has 0 aromatic rings. The normalized spacial score (nSPS) is 14.0. The fraction of sp³-hybridized carbons (Fsp3) is 0.947. The minimum absolute atomic E-state index is 0.106. The summed E-state index contributed by atoms with van der Waals surface area (Å²) in [6, 6.07) is 0. The second kappa shape index (κ2) is 66.9. The number of phosphoric acid groups is 2. The third-order valence-corrected chi connectivity index (χ3v) is 19.4. The number of aliphatic hydroxyl groups excluding tert-OH is 1. The van der Waals surface area contributed by atoms with Crippen LogP contribution in [0.4, 0.5) is 0 Å². The van der Waals surface area contributed by atoms with Gasteiger partial charge in [0, 0.05) is 25.7 Å². The third-order valence-electron chi connectivity index (χ3n) is 17.5. The fourth-order valence-electron chi connectivity index (χ4n) is 11.5. The van der Waals surface area contributed by atoms with Crippen LogP contribution in [0.2, 0.25) is 0 Å². The summed E-state index contributed by atoms with van der Waals surface area (Å²) in [5.41, 5.74) is 0. The van der Waals surface area contributed by atoms with E-state index in [2.05, 4.69) is 41.5 Å². The van der Waals surface area contributed by atoms with Gasteiger partial charge in [-0.25, -0.2) is 9.13 Å². The number of carbonyl (C=O) groups excluding carboxylic acids is 4. The molecule has 0 aromatic carbocycles. The Balaban J connectivity index is 5.20. The Bertz CT molecular complexity index is 1820. The van der Waals surface area contributed by atoms with Gasteiger partial charge in [0.05, 0.1) is 26.4 Å². The molecule has 558 valence electrons. The van der Waals surface area contributed by atoms with E-state index in [-0.39, 0.29) is 25.7 Å². The van der Waals surface area contributed by atoms with Crippen molar-refractivity contribution in [1.29, 1.82) is 0 Å². The summed E-state index contributed by atoms with van der Waals surface area (Å²) in [6.45, 7) is 9.56. The summed E-state index contributed by atoms with van der Waals surface area (Å²) in [6.07, 6.45) is 54.2. The molecule has 0 rings (SSSR count). The second-order valence-corrected chi connectivity index (χ2v) is 30.9. The molecule has 3 N–H and O–H groups in total. The predicted molar refractivity (Wildman–Crippen MR) is 381 cm³/mol. The summed E-state index contributed by atoms with van der Waals surface area (Å²) >= 11 is 0. The van der Waals surface area contributed by atoms with E-state index in [0.717, 1.165) is 115 Å². The van der Waals surface area contributed by atoms with E-state index in [1.807, 2.05) is 0 Å². The number of phosphoric ester groups is 2. The zero-order chi connectivity index (χ0) is 69.3. The van der Waals surface area contributed by atoms with Crippen molar-refractivity contribution in [3.63, 3.8) is 0 Å². The Morgan fingerprint density at radius 2 is 0.489 bits per heavy atom. The van der Waals surface area contributed by atoms with Crippen LogP contribution in [0, 0.1) is 11.8 Å². The predicted octanol–water partition coefficient (Wildman–Crippen LogP) is 21.9. The maximum Gasteiger partial charge on any atom is 0.472 e. The Morgan fingerprint density at radius 1 is 0.287 bits per heavy atom. The largest absolute Gasteiger partial charge is 0.472 e. The summed E-state index contributed by atoms with van der Waals surface area (Å²) < 4.78 is 68.4. The first-order chi connectivity index (χ1) is 45.4. The van der Waals surface area contributed by atoms with Gasteiger partial charge in [-0.3, -0.25) is 37.3 Å². The highest BCUT2D eigenvalue weighted by molar-refractivity contribution is 7.47. The molecule has 0 fully saturated rings. The Kier molecular flexibility index (Phi) is 65.5. The lowest BCUT2D eigenvalue weighted by Gasteiger charge is -2.21. The molecule has 0 aliphatic rings. The molecular weight excluding hydrogens is 1230 g/mol. The van der Waals surface area contributed by atoms with Crippen molar-refractivity contribution in [2.75, 3.05) is 39.6 Å². The Hall–Kier alpha value is -1.94. The number of rotatable bonds is 74. The molecule has 17 nitrogen and oxygen atoms in total. The minimum Gasteiger partial charge on any atom is -0.462 e. The maximum absolute atomic E-state index is 13.1. The highest BCUT2D eigenvalue weighted by Gasteiger charge is 2.30. The number of hydrogen-bond donors (Lipinski definition) is 3. The van der Waals surface area contributed by atoms with E-state index in [1.165, 1.54) is 193 Å². The van der Waals surface area contributed by atoms with Crippen LogP contribution in [0.3, 0.4) is 0 Å². The van der Waals surface area contributed by atoms with Crippen molar-refractivity contribution < 1.29 is 80.2 Å². The zero-order valence-electron chi connectivity index (χ0n) is 61.3. The van der Waals surface area contributed by atoms with Crippen molar-refractivity contribution in [2.24, 2.45) is 11.8 Å². The Morgan fingerprint density at radius 3 is 0.723 bits per heavy atom. The lowest BCUT2D eigenvalue weighted by molar-refractivity contribution is -0.161. The second-order valence-electron chi connectivity index (χ2n) is 28.0. The van der Waals surface area contributed by atoms with Gasteiger partial charge in [-0.05, 0) is 37.5 Å². The van der Waals surface area contributed by atoms with E-state index in [1.54, 1.807) is 0 Å². The average Bonchev–Trinajstić information content (AvgIpc) is 1.55. The molecule has 0 amide bonds. The quantitative estimate of drug-likeness (QED) is 0.0222. The van der Waals surface area contributed by atoms with Crippen LogP contribution < -0.4 is 0 Å². The molecule has 19 heteroatoms. The standard InChI is InChI=1S/C75H146O17P2/c1-7-9-11-13-15-16-17-18-19-20-21-25-28-34-40-46-52-58-73(78)86-64-71(92-74(79)59-53-47-41-35-29-26-23-22-24-27-32-38-43-49-55-67(3)4)66-90-94(83,84)88-62-69(76)61-87-93(81,82)89-65-70(63-85-72(77)57-51-45-37-14-12-10-8-2)91-75(80)60-54-48-42-36-31-30-33-39-44-50-56-68(5)6/h67-71,76H,7-66H2,1-6H3,(H,81,82)(H,83,84)/t69-,70+,71+/m0/s1. The van der Waals surface area contributed by atoms with Gasteiger partial charge in [-0.1, -0.05) is 337 Å². The first-order valence-corrected chi connectivity index (χ1v) is 42.0. The highest BCUT2D eigenvalue weighted by atomic mass is 31.2. The molecule has 0 aliphatic carbocycles. The average molecular weight is 1380 g/mol. The molecule has 5 atom stereocenters. The van der Waals surface area contributed by atoms with Crippen LogP contribution in [-0.2, 0) is 65.4 Å². The van der Waals surface area contributed by atoms with E-state index in [9.17, 15) is 43.2 Å². The zero-order valence-corrected chi connectivity index (χ0v) is 63.1. The summed E-state index contributed by atoms with van der Waals surface area (Å²) in [5.74, 6) is -0.573. The molecule has 0 saturated carbocycles. The number of unbranched alkanes of at least 4 members (excludes halogenated alkanes) is 44. The van der Waals surface area contributed by atoms with E-state index < -0.39 is 97.5 Å². The molecule has 0 aliphatic heterocycles. The molecule has 0 spiro atoms. The van der Waals surface area contributed by atoms with Crippen LogP contribution >= 0.6 is 15.6 Å². The van der Waals surface area contributed by atoms with Gasteiger partial charge < -0.3 is 33.8 Å². The van der Waals surface area contributed by atoms with Gasteiger partial charge in [0.2, 0.25) is 0 Å². The Labute approximate surface area is 575 Å². The van der Waals surface area contributed by atoms with Gasteiger partial charge in [0.1, 0.15) is 19.3 Å². The van der Waals surface area contributed by atoms with Crippen LogP contribution in [0.5, 0.6) is 0 Å². The summed E-state index contributed by atoms with van der Waals surface area (Å²) in [4.78, 5) is 72.6. The van der Waals surface area contributed by atoms with Crippen LogP contribution in [0.25, 0.3) is 0 Å². The van der Waals surface area contributed by atoms with Crippen molar-refractivity contribution in [3.8, 4) is 0 Å². The van der Waals surface area contributed by atoms with E-state index >= 15 is 0 Å². The first-order valence-electron chi connectivity index (χ1n) is 39.0. The first kappa shape index (κ1) is 92.1. The van der Waals surface area contributed by atoms with E-state index in [0.29, 0.717) is 25.7 Å². The lowest BCUT2D eigenvalue weighted by atomic mass is 10.0. The van der Waals surface area contributed by atoms with Crippen LogP contribution in [-0.4, -0.2) is 96.7 Å². The molecule has 0 radical (unpaired) electrons. The van der Waals surface area contributed by atoms with Gasteiger partial charge in [0.25, 0.3) is 0 Å². The van der Waals surface area contributed by atoms with Gasteiger partial charge >= 0.3 is 39.5 Å². The molecule has 0 bridgehead atoms. The monoisotopic (exact) mass is 1380 g/mol. The summed E-state index contributed by atoms with van der Waals surface area (Å²) in [7, 11) is -9.90. The molecule has 94 heavy (non-hydrogen) atoms. The van der Waals surface area contributed by atoms with Crippen LogP contribution in [0.15, 0.2) is 0 Å². The fourth-order valence-corrected chi connectivity index (χ4v) is 13.1. The number of hydrogen-bond acceptors (Lipinski definition) is 15. The van der Waals surface area contributed by atoms with Crippen molar-refractivity contribution in [3.05, 3.63) is 0 Å². The van der Waals surface area contributed by atoms with Crippen molar-refractivity contribution in [2.45, 2.75) is 407 Å². The minimum atomic E-state index is -4.96. The maximum atomic E-state index is 13.1. The number of ether oxygens (including phenoxy) is 4. The smallest absolute Gasteiger partial charge is 0.462 e. The lowest BCUT2D eigenvalue weighted by Crippen LogP contribution is -2.30. The SMILES string of the molecule is CCCCCCCCCCCCCCCCCCCC(=O)OC[C@H](COP(=O)(O)OC[C@@H](O)COP(=O)(O)OC[C@@H](COC(=O)CCCCCCCCC)OC(=O)CCCCCCCCCCCCC(C)C)OC(=O)CCCCCCCCCCCCCCCCC(C)C. The van der Waals surface area contributed by atoms with Gasteiger partial charge in [-0.2, -0.15) is 0 Å². The number of aliphatic hydroxyl groups is 1. The summed E-state index contributed by atoms with van der Waals surface area (Å²) in [5, 5.41) is 10.6. The van der Waals surface area contributed by atoms with Crippen LogP contribution in [0.1, 0.15) is 388 Å². The van der Waals surface area contributed by atoms with Crippen molar-refractivity contribution in [1.82, 2.24) is 0 Å². The number of esters is 4. The number of carbonyl (C=O) groups is 4. The van der Waals surface area contributed by atoms with Gasteiger partial charge in [-0.15, -0.1) is 0 Å². The van der Waals surface area contributed by atoms with Crippen molar-refractivity contribution >= 4 is 39.5 Å². The molecule has 0 heterocycles.